The number of pyridine rings is 1. The molecule has 1 atom stereocenters. The molecular formula is C23H29F2N5O3S. The van der Waals surface area contributed by atoms with Gasteiger partial charge in [0.25, 0.3) is 0 Å². The molecule has 1 fully saturated rings. The van der Waals surface area contributed by atoms with E-state index < -0.39 is 22.5 Å². The number of hydrogen-bond donors (Lipinski definition) is 1. The maximum atomic E-state index is 12.4. The van der Waals surface area contributed by atoms with Gasteiger partial charge in [0.2, 0.25) is 5.95 Å². The lowest BCUT2D eigenvalue weighted by atomic mass is 9.81. The van der Waals surface area contributed by atoms with Crippen molar-refractivity contribution in [2.75, 3.05) is 18.2 Å². The highest BCUT2D eigenvalue weighted by Gasteiger charge is 2.25. The molecule has 0 unspecified atom stereocenters. The molecule has 3 heterocycles. The van der Waals surface area contributed by atoms with E-state index in [4.69, 9.17) is 0 Å². The van der Waals surface area contributed by atoms with Crippen LogP contribution < -0.4 is 5.32 Å². The SMILES string of the molecule is CC1CCC(c2cc(-c3ccc(S(C)(=O)=O)nc3)c3cnc(N[C@@H](C)COC(F)F)nn23)CC1. The van der Waals surface area contributed by atoms with E-state index in [9.17, 15) is 17.2 Å². The highest BCUT2D eigenvalue weighted by molar-refractivity contribution is 7.90. The van der Waals surface area contributed by atoms with Crippen LogP contribution in [0.1, 0.15) is 51.1 Å². The van der Waals surface area contributed by atoms with Gasteiger partial charge in [-0.2, -0.15) is 8.78 Å². The summed E-state index contributed by atoms with van der Waals surface area (Å²) in [4.78, 5) is 8.52. The average Bonchev–Trinajstić information content (AvgIpc) is 3.16. The fourth-order valence-electron chi connectivity index (χ4n) is 4.40. The van der Waals surface area contributed by atoms with Crippen LogP contribution in [0.4, 0.5) is 14.7 Å². The van der Waals surface area contributed by atoms with E-state index in [1.807, 2.05) is 4.52 Å². The van der Waals surface area contributed by atoms with E-state index in [1.165, 1.54) is 6.07 Å². The third-order valence-electron chi connectivity index (χ3n) is 6.25. The van der Waals surface area contributed by atoms with Crippen LogP contribution in [0.25, 0.3) is 16.6 Å². The molecule has 1 saturated carbocycles. The minimum atomic E-state index is -3.40. The molecule has 3 aromatic heterocycles. The van der Waals surface area contributed by atoms with Crippen molar-refractivity contribution < 1.29 is 21.9 Å². The first-order valence-corrected chi connectivity index (χ1v) is 13.2. The number of anilines is 1. The number of nitrogens with zero attached hydrogens (tertiary/aromatic N) is 4. The number of aromatic nitrogens is 4. The lowest BCUT2D eigenvalue weighted by Crippen LogP contribution is -2.25. The van der Waals surface area contributed by atoms with E-state index in [0.717, 1.165) is 54.3 Å². The molecule has 0 amide bonds. The van der Waals surface area contributed by atoms with Crippen LogP contribution >= 0.6 is 0 Å². The number of fused-ring (bicyclic) bond motifs is 1. The second-order valence-electron chi connectivity index (χ2n) is 9.12. The molecule has 0 radical (unpaired) electrons. The van der Waals surface area contributed by atoms with Crippen molar-refractivity contribution in [3.05, 3.63) is 36.3 Å². The molecule has 0 saturated heterocycles. The van der Waals surface area contributed by atoms with E-state index >= 15 is 0 Å². The van der Waals surface area contributed by atoms with Crippen molar-refractivity contribution in [2.45, 2.75) is 63.1 Å². The Labute approximate surface area is 197 Å². The standard InChI is InChI=1S/C23H29F2N5O3S/c1-14-4-6-16(7-5-14)19-10-18(17-8-9-21(26-11-17)34(3,31)32)20-12-27-23(29-30(19)20)28-15(2)13-33-22(24)25/h8-12,14-16,22H,4-7,13H2,1-3H3,(H,28,29)/t14?,15-,16?/m0/s1. The molecule has 34 heavy (non-hydrogen) atoms. The predicted molar refractivity (Wildman–Crippen MR) is 125 cm³/mol. The van der Waals surface area contributed by atoms with Gasteiger partial charge in [0.15, 0.2) is 14.9 Å². The Hall–Kier alpha value is -2.66. The second kappa shape index (κ2) is 9.91. The summed E-state index contributed by atoms with van der Waals surface area (Å²) in [5, 5.41) is 7.71. The Balaban J connectivity index is 1.71. The first kappa shape index (κ1) is 24.5. The first-order valence-electron chi connectivity index (χ1n) is 11.3. The lowest BCUT2D eigenvalue weighted by Gasteiger charge is -2.25. The molecule has 8 nitrogen and oxygen atoms in total. The van der Waals surface area contributed by atoms with Gasteiger partial charge in [0.05, 0.1) is 18.3 Å². The summed E-state index contributed by atoms with van der Waals surface area (Å²) < 4.78 is 54.5. The fraction of sp³-hybridized carbons (Fsp3) is 0.522. The highest BCUT2D eigenvalue weighted by Crippen LogP contribution is 2.39. The molecule has 0 aromatic carbocycles. The van der Waals surface area contributed by atoms with E-state index in [0.29, 0.717) is 17.8 Å². The van der Waals surface area contributed by atoms with Gasteiger partial charge in [0.1, 0.15) is 0 Å². The van der Waals surface area contributed by atoms with Crippen LogP contribution in [0, 0.1) is 5.92 Å². The smallest absolute Gasteiger partial charge is 0.345 e. The molecule has 1 aliphatic rings. The quantitative estimate of drug-likeness (QED) is 0.492. The number of nitrogens with one attached hydrogen (secondary N) is 1. The van der Waals surface area contributed by atoms with Gasteiger partial charge in [-0.15, -0.1) is 5.10 Å². The Morgan fingerprint density at radius 2 is 1.91 bits per heavy atom. The number of ether oxygens (including phenoxy) is 1. The first-order chi connectivity index (χ1) is 16.1. The third-order valence-corrected chi connectivity index (χ3v) is 7.26. The summed E-state index contributed by atoms with van der Waals surface area (Å²) >= 11 is 0. The van der Waals surface area contributed by atoms with Gasteiger partial charge < -0.3 is 10.1 Å². The number of hydrogen-bond acceptors (Lipinski definition) is 7. The molecule has 1 N–H and O–H groups in total. The molecule has 3 aromatic rings. The molecule has 0 spiro atoms. The zero-order chi connectivity index (χ0) is 24.5. The zero-order valence-electron chi connectivity index (χ0n) is 19.4. The summed E-state index contributed by atoms with van der Waals surface area (Å²) in [6.07, 6.45) is 8.72. The maximum absolute atomic E-state index is 12.4. The largest absolute Gasteiger partial charge is 0.348 e. The Kier molecular flexibility index (Phi) is 7.13. The molecule has 1 aliphatic carbocycles. The Morgan fingerprint density at radius 1 is 1.18 bits per heavy atom. The van der Waals surface area contributed by atoms with Crippen molar-refractivity contribution in [1.29, 1.82) is 0 Å². The zero-order valence-corrected chi connectivity index (χ0v) is 20.2. The van der Waals surface area contributed by atoms with Crippen LogP contribution in [-0.2, 0) is 14.6 Å². The van der Waals surface area contributed by atoms with Gasteiger partial charge in [-0.1, -0.05) is 19.8 Å². The van der Waals surface area contributed by atoms with Gasteiger partial charge in [-0.3, -0.25) is 0 Å². The molecule has 0 bridgehead atoms. The predicted octanol–water partition coefficient (Wildman–Crippen LogP) is 4.53. The summed E-state index contributed by atoms with van der Waals surface area (Å²) in [5.74, 6) is 1.33. The van der Waals surface area contributed by atoms with Crippen LogP contribution in [0.3, 0.4) is 0 Å². The van der Waals surface area contributed by atoms with E-state index in [-0.39, 0.29) is 11.6 Å². The summed E-state index contributed by atoms with van der Waals surface area (Å²) in [5.41, 5.74) is 3.45. The topological polar surface area (TPSA) is 98.5 Å². The van der Waals surface area contributed by atoms with Crippen molar-refractivity contribution in [1.82, 2.24) is 19.6 Å². The normalized spacial score (nSPS) is 20.1. The summed E-state index contributed by atoms with van der Waals surface area (Å²) in [6.45, 7) is 0.972. The lowest BCUT2D eigenvalue weighted by molar-refractivity contribution is -0.130. The number of rotatable bonds is 8. The van der Waals surface area contributed by atoms with Crippen molar-refractivity contribution >= 4 is 21.3 Å². The van der Waals surface area contributed by atoms with Crippen LogP contribution in [0.5, 0.6) is 0 Å². The van der Waals surface area contributed by atoms with Crippen molar-refractivity contribution in [3.63, 3.8) is 0 Å². The maximum Gasteiger partial charge on any atom is 0.345 e. The monoisotopic (exact) mass is 493 g/mol. The number of sulfone groups is 1. The van der Waals surface area contributed by atoms with Gasteiger partial charge in [-0.05, 0) is 43.9 Å². The minimum Gasteiger partial charge on any atom is -0.348 e. The number of halogens is 2. The molecule has 0 aliphatic heterocycles. The van der Waals surface area contributed by atoms with Crippen LogP contribution in [-0.4, -0.2) is 53.5 Å². The van der Waals surface area contributed by atoms with Crippen LogP contribution in [0.2, 0.25) is 0 Å². The Morgan fingerprint density at radius 3 is 2.53 bits per heavy atom. The molecular weight excluding hydrogens is 464 g/mol. The molecule has 11 heteroatoms. The van der Waals surface area contributed by atoms with Crippen LogP contribution in [0.15, 0.2) is 35.6 Å². The van der Waals surface area contributed by atoms with Crippen molar-refractivity contribution in [3.8, 4) is 11.1 Å². The van der Waals surface area contributed by atoms with E-state index in [1.54, 1.807) is 25.4 Å². The summed E-state index contributed by atoms with van der Waals surface area (Å²) in [6, 6.07) is 4.90. The molecule has 4 rings (SSSR count). The minimum absolute atomic E-state index is 0.0176. The Bertz CT molecular complexity index is 1240. The van der Waals surface area contributed by atoms with Crippen molar-refractivity contribution in [2.24, 2.45) is 5.92 Å². The second-order valence-corrected chi connectivity index (χ2v) is 11.1. The molecule has 184 valence electrons. The van der Waals surface area contributed by atoms with Gasteiger partial charge in [0, 0.05) is 41.2 Å². The summed E-state index contributed by atoms with van der Waals surface area (Å²) in [7, 11) is -3.40. The van der Waals surface area contributed by atoms with Gasteiger partial charge in [-0.25, -0.2) is 22.9 Å². The van der Waals surface area contributed by atoms with Gasteiger partial charge >= 0.3 is 6.61 Å². The fourth-order valence-corrected chi connectivity index (χ4v) is 4.96. The third kappa shape index (κ3) is 5.52. The highest BCUT2D eigenvalue weighted by atomic mass is 32.2. The van der Waals surface area contributed by atoms with E-state index in [2.05, 4.69) is 38.1 Å². The number of alkyl halides is 2. The average molecular weight is 494 g/mol.